The topological polar surface area (TPSA) is 42.5 Å². The van der Waals surface area contributed by atoms with Gasteiger partial charge in [0.25, 0.3) is 0 Å². The lowest BCUT2D eigenvalue weighted by Crippen LogP contribution is -2.47. The van der Waals surface area contributed by atoms with E-state index in [0.717, 1.165) is 48.3 Å². The zero-order valence-corrected chi connectivity index (χ0v) is 16.5. The molecular weight excluding hydrogens is 334 g/mol. The second-order valence-corrected chi connectivity index (χ2v) is 7.73. The van der Waals surface area contributed by atoms with E-state index in [9.17, 15) is 5.11 Å². The molecule has 0 aliphatic carbocycles. The summed E-state index contributed by atoms with van der Waals surface area (Å²) in [4.78, 5) is 8.26. The number of β-amino-alcohol motifs (C(OH)–C–C–N with tert-alkyl or cyclic N) is 1. The molecule has 1 aliphatic heterocycles. The van der Waals surface area contributed by atoms with Gasteiger partial charge in [-0.25, -0.2) is 0 Å². The van der Waals surface area contributed by atoms with Crippen LogP contribution in [0, 0.1) is 20.8 Å². The van der Waals surface area contributed by atoms with Crippen molar-refractivity contribution in [1.29, 1.82) is 0 Å². The van der Waals surface area contributed by atoms with Crippen LogP contribution in [0.2, 0.25) is 0 Å². The Balaban J connectivity index is 1.43. The van der Waals surface area contributed by atoms with Crippen LogP contribution in [0.1, 0.15) is 28.5 Å². The smallest absolute Gasteiger partial charge is 0.0940 e. The maximum Gasteiger partial charge on any atom is 0.0940 e. The molecular formula is C23H29N3O. The number of hydrogen-bond acceptors (Lipinski definition) is 3. The molecule has 0 amide bonds. The van der Waals surface area contributed by atoms with E-state index in [2.05, 4.69) is 65.9 Å². The molecule has 4 heteroatoms. The molecule has 1 fully saturated rings. The van der Waals surface area contributed by atoms with E-state index in [-0.39, 0.29) is 0 Å². The largest absolute Gasteiger partial charge is 0.387 e. The molecule has 0 spiro atoms. The number of aryl methyl sites for hydroxylation is 2. The number of fused-ring (bicyclic) bond motifs is 1. The third-order valence-electron chi connectivity index (χ3n) is 6.00. The second-order valence-electron chi connectivity index (χ2n) is 7.73. The van der Waals surface area contributed by atoms with Crippen molar-refractivity contribution in [2.75, 3.05) is 37.6 Å². The molecule has 0 bridgehead atoms. The molecule has 2 aromatic carbocycles. The highest BCUT2D eigenvalue weighted by molar-refractivity contribution is 5.84. The predicted molar refractivity (Wildman–Crippen MR) is 113 cm³/mol. The number of hydrogen-bond donors (Lipinski definition) is 2. The summed E-state index contributed by atoms with van der Waals surface area (Å²) in [6.45, 7) is 11.1. The maximum absolute atomic E-state index is 10.9. The van der Waals surface area contributed by atoms with E-state index in [4.69, 9.17) is 0 Å². The molecule has 4 rings (SSSR count). The van der Waals surface area contributed by atoms with Crippen molar-refractivity contribution in [3.05, 3.63) is 64.8 Å². The Labute approximate surface area is 161 Å². The minimum Gasteiger partial charge on any atom is -0.387 e. The molecule has 27 heavy (non-hydrogen) atoms. The molecule has 1 aromatic heterocycles. The van der Waals surface area contributed by atoms with Gasteiger partial charge in [0.2, 0.25) is 0 Å². The van der Waals surface area contributed by atoms with Gasteiger partial charge in [-0.3, -0.25) is 4.90 Å². The summed E-state index contributed by atoms with van der Waals surface area (Å²) >= 11 is 0. The molecule has 1 atom stereocenters. The Hall–Kier alpha value is -2.30. The highest BCUT2D eigenvalue weighted by Crippen LogP contribution is 2.29. The fourth-order valence-corrected chi connectivity index (χ4v) is 4.31. The van der Waals surface area contributed by atoms with Crippen molar-refractivity contribution >= 4 is 16.6 Å². The number of benzene rings is 2. The Bertz CT molecular complexity index is 938. The molecule has 0 radical (unpaired) electrons. The van der Waals surface area contributed by atoms with Crippen LogP contribution in [0.3, 0.4) is 0 Å². The fourth-order valence-electron chi connectivity index (χ4n) is 4.31. The maximum atomic E-state index is 10.9. The van der Waals surface area contributed by atoms with Crippen LogP contribution in [-0.2, 0) is 0 Å². The van der Waals surface area contributed by atoms with Gasteiger partial charge in [0, 0.05) is 60.6 Å². The minimum absolute atomic E-state index is 0.464. The molecule has 1 aliphatic rings. The van der Waals surface area contributed by atoms with Crippen molar-refractivity contribution in [2.24, 2.45) is 0 Å². The van der Waals surface area contributed by atoms with E-state index in [0.29, 0.717) is 6.54 Å². The lowest BCUT2D eigenvalue weighted by atomic mass is 10.0. The molecule has 2 N–H and O–H groups in total. The predicted octanol–water partition coefficient (Wildman–Crippen LogP) is 3.95. The molecule has 0 saturated carbocycles. The Morgan fingerprint density at radius 3 is 2.48 bits per heavy atom. The van der Waals surface area contributed by atoms with Gasteiger partial charge in [-0.1, -0.05) is 30.3 Å². The van der Waals surface area contributed by atoms with Crippen molar-refractivity contribution in [1.82, 2.24) is 9.88 Å². The van der Waals surface area contributed by atoms with Crippen molar-refractivity contribution in [3.63, 3.8) is 0 Å². The zero-order valence-electron chi connectivity index (χ0n) is 16.5. The van der Waals surface area contributed by atoms with Crippen molar-refractivity contribution < 1.29 is 5.11 Å². The number of rotatable bonds is 4. The normalized spacial score (nSPS) is 16.8. The second kappa shape index (κ2) is 7.37. The van der Waals surface area contributed by atoms with Gasteiger partial charge in [-0.2, -0.15) is 0 Å². The number of aliphatic hydroxyl groups is 1. The highest BCUT2D eigenvalue weighted by atomic mass is 16.3. The number of aromatic amines is 1. The first-order valence-electron chi connectivity index (χ1n) is 9.83. The minimum atomic E-state index is -0.464. The van der Waals surface area contributed by atoms with Gasteiger partial charge >= 0.3 is 0 Å². The molecule has 1 unspecified atom stereocenters. The quantitative estimate of drug-likeness (QED) is 0.738. The van der Waals surface area contributed by atoms with E-state index < -0.39 is 6.10 Å². The first-order valence-corrected chi connectivity index (χ1v) is 9.83. The van der Waals surface area contributed by atoms with Crippen LogP contribution in [0.4, 0.5) is 5.69 Å². The number of piperazine rings is 1. The third kappa shape index (κ3) is 3.47. The lowest BCUT2D eigenvalue weighted by molar-refractivity contribution is 0.110. The fraction of sp³-hybridized carbons (Fsp3) is 0.391. The third-order valence-corrected chi connectivity index (χ3v) is 6.00. The molecule has 142 valence electrons. The van der Waals surface area contributed by atoms with Crippen LogP contribution in [0.15, 0.2) is 42.5 Å². The highest BCUT2D eigenvalue weighted by Gasteiger charge is 2.23. The van der Waals surface area contributed by atoms with E-state index in [1.54, 1.807) is 0 Å². The van der Waals surface area contributed by atoms with E-state index in [1.807, 2.05) is 12.1 Å². The van der Waals surface area contributed by atoms with E-state index in [1.165, 1.54) is 16.8 Å². The first-order chi connectivity index (χ1) is 13.0. The summed E-state index contributed by atoms with van der Waals surface area (Å²) in [6.07, 6.45) is -0.464. The van der Waals surface area contributed by atoms with Crippen LogP contribution in [0.25, 0.3) is 10.9 Å². The average molecular weight is 364 g/mol. The number of H-pyrrole nitrogens is 1. The first kappa shape index (κ1) is 18.1. The number of anilines is 1. The number of nitrogens with one attached hydrogen (secondary N) is 1. The average Bonchev–Trinajstić information content (AvgIpc) is 3.00. The summed E-state index contributed by atoms with van der Waals surface area (Å²) in [5, 5.41) is 12.1. The van der Waals surface area contributed by atoms with Crippen LogP contribution < -0.4 is 4.90 Å². The number of aromatic nitrogens is 1. The SMILES string of the molecule is Cc1cccc(N2CCN(CC(O)c3c(C)[nH]c4ccccc34)CC2)c1C. The zero-order chi connectivity index (χ0) is 19.0. The number of para-hydroxylation sites is 1. The monoisotopic (exact) mass is 363 g/mol. The molecule has 1 saturated heterocycles. The van der Waals surface area contributed by atoms with Gasteiger partial charge in [-0.15, -0.1) is 0 Å². The van der Waals surface area contributed by atoms with Gasteiger partial charge in [-0.05, 0) is 44.0 Å². The van der Waals surface area contributed by atoms with Crippen molar-refractivity contribution in [2.45, 2.75) is 26.9 Å². The van der Waals surface area contributed by atoms with E-state index >= 15 is 0 Å². The Morgan fingerprint density at radius 1 is 0.963 bits per heavy atom. The Morgan fingerprint density at radius 2 is 1.70 bits per heavy atom. The number of aliphatic hydroxyl groups excluding tert-OH is 1. The van der Waals surface area contributed by atoms with Gasteiger partial charge in [0.15, 0.2) is 0 Å². The van der Waals surface area contributed by atoms with Gasteiger partial charge in [0.1, 0.15) is 0 Å². The summed E-state index contributed by atoms with van der Waals surface area (Å²) in [7, 11) is 0. The summed E-state index contributed by atoms with van der Waals surface area (Å²) in [5.41, 5.74) is 7.28. The standard InChI is InChI=1S/C23H29N3O/c1-16-7-6-10-21(17(16)2)26-13-11-25(12-14-26)15-22(27)23-18(3)24-20-9-5-4-8-19(20)23/h4-10,22,24,27H,11-15H2,1-3H3. The number of nitrogens with zero attached hydrogens (tertiary/aromatic N) is 2. The van der Waals surface area contributed by atoms with Crippen molar-refractivity contribution in [3.8, 4) is 0 Å². The summed E-state index contributed by atoms with van der Waals surface area (Å²) in [6, 6.07) is 14.8. The van der Waals surface area contributed by atoms with Crippen LogP contribution in [0.5, 0.6) is 0 Å². The lowest BCUT2D eigenvalue weighted by Gasteiger charge is -2.37. The summed E-state index contributed by atoms with van der Waals surface area (Å²) in [5.74, 6) is 0. The molecule has 4 nitrogen and oxygen atoms in total. The molecule has 3 aromatic rings. The van der Waals surface area contributed by atoms with Gasteiger partial charge < -0.3 is 15.0 Å². The Kier molecular flexibility index (Phi) is 4.94. The van der Waals surface area contributed by atoms with Crippen LogP contribution >= 0.6 is 0 Å². The molecule has 2 heterocycles. The summed E-state index contributed by atoms with van der Waals surface area (Å²) < 4.78 is 0. The van der Waals surface area contributed by atoms with Crippen LogP contribution in [-0.4, -0.2) is 47.7 Å². The van der Waals surface area contributed by atoms with Gasteiger partial charge in [0.05, 0.1) is 6.10 Å².